The molecule has 3 nitrogen and oxygen atoms in total. The second-order valence-electron chi connectivity index (χ2n) is 2.71. The summed E-state index contributed by atoms with van der Waals surface area (Å²) in [5.74, 6) is 0. The molecule has 3 heteroatoms. The number of hydrogen-bond donors (Lipinski definition) is 2. The fraction of sp³-hybridized carbons (Fsp3) is 0.222. The maximum atomic E-state index is 3.08. The van der Waals surface area contributed by atoms with Crippen LogP contribution in [0.3, 0.4) is 0 Å². The third-order valence-corrected chi connectivity index (χ3v) is 1.84. The van der Waals surface area contributed by atoms with Crippen LogP contribution < -0.4 is 16.0 Å². The SMILES string of the molecule is CC[CH]N1NNc2ccccc21. The molecule has 12 heavy (non-hydrogen) atoms. The average Bonchev–Trinajstić information content (AvgIpc) is 2.50. The summed E-state index contributed by atoms with van der Waals surface area (Å²) in [6, 6.07) is 8.17. The fourth-order valence-electron chi connectivity index (χ4n) is 1.30. The van der Waals surface area contributed by atoms with Gasteiger partial charge >= 0.3 is 0 Å². The minimum Gasteiger partial charge on any atom is -0.302 e. The van der Waals surface area contributed by atoms with Gasteiger partial charge in [0.1, 0.15) is 0 Å². The second-order valence-corrected chi connectivity index (χ2v) is 2.71. The van der Waals surface area contributed by atoms with E-state index in [9.17, 15) is 0 Å². The zero-order valence-electron chi connectivity index (χ0n) is 7.04. The van der Waals surface area contributed by atoms with Gasteiger partial charge in [-0.2, -0.15) is 0 Å². The highest BCUT2D eigenvalue weighted by molar-refractivity contribution is 5.73. The molecule has 63 valence electrons. The smallest absolute Gasteiger partial charge is 0.0787 e. The van der Waals surface area contributed by atoms with E-state index < -0.39 is 0 Å². The largest absolute Gasteiger partial charge is 0.302 e. The van der Waals surface area contributed by atoms with Gasteiger partial charge in [-0.15, -0.1) is 5.53 Å². The van der Waals surface area contributed by atoms with Gasteiger partial charge in [0.2, 0.25) is 0 Å². The van der Waals surface area contributed by atoms with Crippen molar-refractivity contribution >= 4 is 11.4 Å². The summed E-state index contributed by atoms with van der Waals surface area (Å²) in [7, 11) is 0. The van der Waals surface area contributed by atoms with Gasteiger partial charge in [-0.1, -0.05) is 19.1 Å². The molecular formula is C9H12N3. The molecule has 1 aromatic rings. The first-order valence-corrected chi connectivity index (χ1v) is 4.15. The van der Waals surface area contributed by atoms with Crippen LogP contribution in [0.25, 0.3) is 0 Å². The number of para-hydroxylation sites is 2. The van der Waals surface area contributed by atoms with E-state index in [1.54, 1.807) is 0 Å². The maximum absolute atomic E-state index is 3.08. The summed E-state index contributed by atoms with van der Waals surface area (Å²) in [5.41, 5.74) is 8.44. The topological polar surface area (TPSA) is 27.3 Å². The lowest BCUT2D eigenvalue weighted by Gasteiger charge is -2.15. The van der Waals surface area contributed by atoms with Crippen LogP contribution in [0.1, 0.15) is 13.3 Å². The standard InChI is InChI=1S/C9H12N3/c1-2-7-12-9-6-4-3-5-8(9)10-11-12/h3-7,10-11H,2H2,1H3. The highest BCUT2D eigenvalue weighted by Gasteiger charge is 2.15. The van der Waals surface area contributed by atoms with Crippen LogP contribution in [-0.4, -0.2) is 0 Å². The van der Waals surface area contributed by atoms with Gasteiger partial charge < -0.3 is 5.43 Å². The molecule has 0 atom stereocenters. The molecule has 2 rings (SSSR count). The number of rotatable bonds is 2. The first kappa shape index (κ1) is 7.43. The van der Waals surface area contributed by atoms with E-state index in [1.807, 2.05) is 23.2 Å². The lowest BCUT2D eigenvalue weighted by Crippen LogP contribution is -2.33. The molecule has 2 N–H and O–H groups in total. The molecule has 0 aliphatic carbocycles. The monoisotopic (exact) mass is 162 g/mol. The van der Waals surface area contributed by atoms with Gasteiger partial charge in [0.15, 0.2) is 0 Å². The van der Waals surface area contributed by atoms with Crippen molar-refractivity contribution in [3.63, 3.8) is 0 Å². The van der Waals surface area contributed by atoms with E-state index in [1.165, 1.54) is 5.69 Å². The average molecular weight is 162 g/mol. The van der Waals surface area contributed by atoms with Crippen LogP contribution in [0.2, 0.25) is 0 Å². The number of nitrogens with zero attached hydrogens (tertiary/aromatic N) is 1. The number of nitrogens with one attached hydrogen (secondary N) is 2. The van der Waals surface area contributed by atoms with Gasteiger partial charge in [-0.05, 0) is 18.6 Å². The lowest BCUT2D eigenvalue weighted by molar-refractivity contribution is 0.779. The van der Waals surface area contributed by atoms with Gasteiger partial charge in [0.05, 0.1) is 17.9 Å². The lowest BCUT2D eigenvalue weighted by atomic mass is 10.2. The number of hydrazine groups is 2. The molecular weight excluding hydrogens is 150 g/mol. The summed E-state index contributed by atoms with van der Waals surface area (Å²) in [6.07, 6.45) is 1.02. The Balaban J connectivity index is 2.24. The van der Waals surface area contributed by atoms with Gasteiger partial charge in [-0.3, -0.25) is 5.01 Å². The Morgan fingerprint density at radius 3 is 3.08 bits per heavy atom. The number of anilines is 2. The molecule has 1 aliphatic rings. The zero-order valence-corrected chi connectivity index (χ0v) is 7.04. The Morgan fingerprint density at radius 1 is 1.42 bits per heavy atom. The zero-order chi connectivity index (χ0) is 8.39. The normalized spacial score (nSPS) is 14.2. The molecule has 1 radical (unpaired) electrons. The predicted molar refractivity (Wildman–Crippen MR) is 50.3 cm³/mol. The van der Waals surface area contributed by atoms with Crippen LogP contribution >= 0.6 is 0 Å². The Labute approximate surface area is 72.3 Å². The molecule has 0 saturated carbocycles. The van der Waals surface area contributed by atoms with Crippen LogP contribution in [0, 0.1) is 6.54 Å². The van der Waals surface area contributed by atoms with Crippen molar-refractivity contribution in [3.05, 3.63) is 30.8 Å². The van der Waals surface area contributed by atoms with Crippen LogP contribution in [0.4, 0.5) is 11.4 Å². The van der Waals surface area contributed by atoms with Crippen molar-refractivity contribution in [3.8, 4) is 0 Å². The van der Waals surface area contributed by atoms with E-state index in [4.69, 9.17) is 0 Å². The third kappa shape index (κ3) is 1.12. The number of fused-ring (bicyclic) bond motifs is 1. The van der Waals surface area contributed by atoms with E-state index in [-0.39, 0.29) is 0 Å². The van der Waals surface area contributed by atoms with Gasteiger partial charge in [-0.25, -0.2) is 0 Å². The minimum atomic E-state index is 1.02. The van der Waals surface area contributed by atoms with Crippen LogP contribution in [0.15, 0.2) is 24.3 Å². The van der Waals surface area contributed by atoms with Crippen molar-refractivity contribution in [2.45, 2.75) is 13.3 Å². The Bertz CT molecular complexity index is 270. The Hall–Kier alpha value is -1.22. The molecule has 0 bridgehead atoms. The van der Waals surface area contributed by atoms with Crippen molar-refractivity contribution in [1.82, 2.24) is 5.53 Å². The Kier molecular flexibility index (Phi) is 1.87. The summed E-state index contributed by atoms with van der Waals surface area (Å²) >= 11 is 0. The number of benzene rings is 1. The first-order chi connectivity index (χ1) is 5.92. The van der Waals surface area contributed by atoms with E-state index in [0.29, 0.717) is 0 Å². The Morgan fingerprint density at radius 2 is 2.25 bits per heavy atom. The molecule has 0 saturated heterocycles. The second kappa shape index (κ2) is 3.03. The highest BCUT2D eigenvalue weighted by Crippen LogP contribution is 2.28. The molecule has 0 unspecified atom stereocenters. The van der Waals surface area contributed by atoms with E-state index in [2.05, 4.69) is 30.5 Å². The fourth-order valence-corrected chi connectivity index (χ4v) is 1.30. The maximum Gasteiger partial charge on any atom is 0.0787 e. The first-order valence-electron chi connectivity index (χ1n) is 4.15. The van der Waals surface area contributed by atoms with Crippen molar-refractivity contribution in [1.29, 1.82) is 0 Å². The molecule has 1 aliphatic heterocycles. The molecule has 0 spiro atoms. The molecule has 0 amide bonds. The summed E-state index contributed by atoms with van der Waals surface area (Å²) in [4.78, 5) is 0. The molecule has 1 heterocycles. The molecule has 0 aromatic heterocycles. The van der Waals surface area contributed by atoms with Gasteiger partial charge in [0.25, 0.3) is 0 Å². The quantitative estimate of drug-likeness (QED) is 0.695. The van der Waals surface area contributed by atoms with Crippen LogP contribution in [-0.2, 0) is 0 Å². The van der Waals surface area contributed by atoms with E-state index in [0.717, 1.165) is 12.1 Å². The van der Waals surface area contributed by atoms with Crippen molar-refractivity contribution in [2.24, 2.45) is 0 Å². The molecule has 1 aromatic carbocycles. The van der Waals surface area contributed by atoms with Crippen molar-refractivity contribution < 1.29 is 0 Å². The highest BCUT2D eigenvalue weighted by atomic mass is 15.7. The summed E-state index contributed by atoms with van der Waals surface area (Å²) in [5, 5.41) is 2.00. The predicted octanol–water partition coefficient (Wildman–Crippen LogP) is 1.91. The summed E-state index contributed by atoms with van der Waals surface area (Å²) in [6.45, 7) is 4.21. The molecule has 0 fully saturated rings. The third-order valence-electron chi connectivity index (χ3n) is 1.84. The van der Waals surface area contributed by atoms with Crippen molar-refractivity contribution in [2.75, 3.05) is 10.4 Å². The number of hydrogen-bond acceptors (Lipinski definition) is 3. The van der Waals surface area contributed by atoms with Crippen LogP contribution in [0.5, 0.6) is 0 Å². The summed E-state index contributed by atoms with van der Waals surface area (Å²) < 4.78 is 0. The minimum absolute atomic E-state index is 1.02. The van der Waals surface area contributed by atoms with E-state index >= 15 is 0 Å². The van der Waals surface area contributed by atoms with Gasteiger partial charge in [0, 0.05) is 0 Å².